The molecule has 0 amide bonds. The molecular formula is C16H27N3O. The average Bonchev–Trinajstić information content (AvgIpc) is 3.00. The van der Waals surface area contributed by atoms with Crippen molar-refractivity contribution in [2.24, 2.45) is 5.92 Å². The van der Waals surface area contributed by atoms with E-state index in [0.717, 1.165) is 24.8 Å². The van der Waals surface area contributed by atoms with Crippen LogP contribution >= 0.6 is 0 Å². The molecule has 2 fully saturated rings. The lowest BCUT2D eigenvalue weighted by Crippen LogP contribution is -2.41. The van der Waals surface area contributed by atoms with E-state index < -0.39 is 0 Å². The highest BCUT2D eigenvalue weighted by molar-refractivity contribution is 5.07. The third-order valence-electron chi connectivity index (χ3n) is 5.28. The number of rotatable bonds is 3. The molecule has 1 N–H and O–H groups in total. The summed E-state index contributed by atoms with van der Waals surface area (Å²) in [7, 11) is 0. The predicted molar refractivity (Wildman–Crippen MR) is 78.7 cm³/mol. The van der Waals surface area contributed by atoms with E-state index in [9.17, 15) is 0 Å². The van der Waals surface area contributed by atoms with Gasteiger partial charge in [-0.25, -0.2) is 0 Å². The molecule has 2 heterocycles. The molecule has 4 nitrogen and oxygen atoms in total. The van der Waals surface area contributed by atoms with Crippen molar-refractivity contribution < 1.29 is 4.52 Å². The zero-order chi connectivity index (χ0) is 14.0. The fourth-order valence-corrected chi connectivity index (χ4v) is 3.67. The second-order valence-corrected chi connectivity index (χ2v) is 7.06. The van der Waals surface area contributed by atoms with E-state index in [2.05, 4.69) is 24.3 Å². The molecule has 0 spiro atoms. The molecule has 0 aromatic carbocycles. The van der Waals surface area contributed by atoms with Crippen molar-refractivity contribution in [2.75, 3.05) is 13.1 Å². The summed E-state index contributed by atoms with van der Waals surface area (Å²) in [5.74, 6) is 2.92. The van der Waals surface area contributed by atoms with Crippen LogP contribution in [0, 0.1) is 5.92 Å². The topological polar surface area (TPSA) is 51.0 Å². The highest BCUT2D eigenvalue weighted by atomic mass is 16.5. The Bertz CT molecular complexity index is 429. The Kier molecular flexibility index (Phi) is 4.11. The van der Waals surface area contributed by atoms with Crippen LogP contribution in [-0.2, 0) is 5.41 Å². The fourth-order valence-electron chi connectivity index (χ4n) is 3.67. The molecule has 2 aliphatic rings. The van der Waals surface area contributed by atoms with Gasteiger partial charge in [0.2, 0.25) is 5.89 Å². The average molecular weight is 277 g/mol. The third kappa shape index (κ3) is 2.76. The Morgan fingerprint density at radius 3 is 2.60 bits per heavy atom. The highest BCUT2D eigenvalue weighted by Gasteiger charge is 2.37. The lowest BCUT2D eigenvalue weighted by Gasteiger charge is -2.34. The molecule has 3 rings (SSSR count). The molecule has 0 bridgehead atoms. The Balaban J connectivity index is 1.74. The van der Waals surface area contributed by atoms with Crippen LogP contribution < -0.4 is 5.32 Å². The van der Waals surface area contributed by atoms with Crippen LogP contribution in [0.2, 0.25) is 0 Å². The van der Waals surface area contributed by atoms with Gasteiger partial charge >= 0.3 is 0 Å². The van der Waals surface area contributed by atoms with Crippen LogP contribution in [0.15, 0.2) is 4.52 Å². The molecule has 20 heavy (non-hydrogen) atoms. The summed E-state index contributed by atoms with van der Waals surface area (Å²) < 4.78 is 5.65. The first-order valence-electron chi connectivity index (χ1n) is 8.22. The molecule has 1 aliphatic carbocycles. The number of nitrogens with one attached hydrogen (secondary N) is 1. The van der Waals surface area contributed by atoms with E-state index in [1.54, 1.807) is 0 Å². The van der Waals surface area contributed by atoms with Crippen molar-refractivity contribution in [1.82, 2.24) is 15.5 Å². The summed E-state index contributed by atoms with van der Waals surface area (Å²) in [5, 5.41) is 7.79. The van der Waals surface area contributed by atoms with Crippen molar-refractivity contribution in [1.29, 1.82) is 0 Å². The van der Waals surface area contributed by atoms with Gasteiger partial charge in [-0.1, -0.05) is 38.3 Å². The second-order valence-electron chi connectivity index (χ2n) is 7.06. The Morgan fingerprint density at radius 1 is 1.10 bits per heavy atom. The molecule has 1 saturated heterocycles. The lowest BCUT2D eigenvalue weighted by atomic mass is 9.75. The predicted octanol–water partition coefficient (Wildman–Crippen LogP) is 3.39. The van der Waals surface area contributed by atoms with Crippen molar-refractivity contribution in [3.63, 3.8) is 0 Å². The second kappa shape index (κ2) is 5.84. The quantitative estimate of drug-likeness (QED) is 0.920. The molecule has 1 atom stereocenters. The van der Waals surface area contributed by atoms with E-state index in [4.69, 9.17) is 9.51 Å². The maximum absolute atomic E-state index is 5.65. The number of nitrogens with zero attached hydrogens (tertiary/aromatic N) is 2. The van der Waals surface area contributed by atoms with E-state index in [1.165, 1.54) is 44.9 Å². The first kappa shape index (κ1) is 14.1. The largest absolute Gasteiger partial charge is 0.339 e. The summed E-state index contributed by atoms with van der Waals surface area (Å²) in [6.45, 7) is 6.71. The first-order valence-corrected chi connectivity index (χ1v) is 8.22. The Morgan fingerprint density at radius 2 is 1.90 bits per heavy atom. The third-order valence-corrected chi connectivity index (χ3v) is 5.28. The van der Waals surface area contributed by atoms with E-state index in [0.29, 0.717) is 11.8 Å². The number of piperidine rings is 1. The normalized spacial score (nSPS) is 25.8. The van der Waals surface area contributed by atoms with Gasteiger partial charge in [0, 0.05) is 11.3 Å². The van der Waals surface area contributed by atoms with Gasteiger partial charge in [-0.05, 0) is 44.7 Å². The number of hydrogen-bond donors (Lipinski definition) is 1. The summed E-state index contributed by atoms with van der Waals surface area (Å²) in [4.78, 5) is 4.78. The molecule has 1 aromatic rings. The monoisotopic (exact) mass is 277 g/mol. The van der Waals surface area contributed by atoms with E-state index >= 15 is 0 Å². The molecule has 4 heteroatoms. The molecule has 1 unspecified atom stereocenters. The maximum atomic E-state index is 5.65. The molecule has 0 radical (unpaired) electrons. The summed E-state index contributed by atoms with van der Waals surface area (Å²) in [6, 6.07) is 0. The highest BCUT2D eigenvalue weighted by Crippen LogP contribution is 2.36. The maximum Gasteiger partial charge on any atom is 0.232 e. The minimum Gasteiger partial charge on any atom is -0.339 e. The van der Waals surface area contributed by atoms with Gasteiger partial charge in [0.15, 0.2) is 5.82 Å². The van der Waals surface area contributed by atoms with Gasteiger partial charge in [0.05, 0.1) is 0 Å². The first-order chi connectivity index (χ1) is 9.68. The van der Waals surface area contributed by atoms with Crippen molar-refractivity contribution >= 4 is 0 Å². The Hall–Kier alpha value is -0.900. The molecule has 1 aliphatic heterocycles. The molecule has 112 valence electrons. The zero-order valence-electron chi connectivity index (χ0n) is 12.8. The van der Waals surface area contributed by atoms with Crippen LogP contribution in [0.25, 0.3) is 0 Å². The minimum atomic E-state index is -0.0205. The number of aromatic nitrogens is 2. The minimum absolute atomic E-state index is 0.0205. The fraction of sp³-hybridized carbons (Fsp3) is 0.875. The van der Waals surface area contributed by atoms with Gasteiger partial charge in [0.1, 0.15) is 0 Å². The van der Waals surface area contributed by atoms with Gasteiger partial charge in [0.25, 0.3) is 0 Å². The van der Waals surface area contributed by atoms with Gasteiger partial charge in [-0.3, -0.25) is 0 Å². The molecule has 1 aromatic heterocycles. The van der Waals surface area contributed by atoms with Crippen LogP contribution in [0.3, 0.4) is 0 Å². The van der Waals surface area contributed by atoms with Crippen LogP contribution in [0.1, 0.15) is 76.4 Å². The van der Waals surface area contributed by atoms with Crippen molar-refractivity contribution in [3.8, 4) is 0 Å². The van der Waals surface area contributed by atoms with Crippen molar-refractivity contribution in [3.05, 3.63) is 11.7 Å². The van der Waals surface area contributed by atoms with Gasteiger partial charge in [-0.2, -0.15) is 4.98 Å². The van der Waals surface area contributed by atoms with Gasteiger partial charge < -0.3 is 9.84 Å². The van der Waals surface area contributed by atoms with E-state index in [1.807, 2.05) is 0 Å². The molecule has 1 saturated carbocycles. The van der Waals surface area contributed by atoms with E-state index in [-0.39, 0.29) is 5.41 Å². The van der Waals surface area contributed by atoms with Gasteiger partial charge in [-0.15, -0.1) is 0 Å². The lowest BCUT2D eigenvalue weighted by molar-refractivity contribution is 0.196. The molecular weight excluding hydrogens is 250 g/mol. The summed E-state index contributed by atoms with van der Waals surface area (Å²) in [6.07, 6.45) is 8.93. The Labute approximate surface area is 121 Å². The van der Waals surface area contributed by atoms with Crippen LogP contribution in [0.5, 0.6) is 0 Å². The standard InChI is InChI=1S/C16H27N3O/c1-16(2,13-9-6-10-17-11-13)15-18-14(19-20-15)12-7-4-3-5-8-12/h12-13,17H,3-11H2,1-2H3. The zero-order valence-corrected chi connectivity index (χ0v) is 12.8. The van der Waals surface area contributed by atoms with Crippen LogP contribution in [0.4, 0.5) is 0 Å². The van der Waals surface area contributed by atoms with Crippen LogP contribution in [-0.4, -0.2) is 23.2 Å². The smallest absolute Gasteiger partial charge is 0.232 e. The number of hydrogen-bond acceptors (Lipinski definition) is 4. The SMILES string of the molecule is CC(C)(c1nc(C2CCCCC2)no1)C1CCCNC1. The van der Waals surface area contributed by atoms with Crippen molar-refractivity contribution in [2.45, 2.75) is 70.1 Å². The summed E-state index contributed by atoms with van der Waals surface area (Å²) in [5.41, 5.74) is -0.0205. The summed E-state index contributed by atoms with van der Waals surface area (Å²) >= 11 is 0.